The molecule has 1 aliphatic heterocycles. The maximum absolute atomic E-state index is 5.60. The molecule has 27 heavy (non-hydrogen) atoms. The summed E-state index contributed by atoms with van der Waals surface area (Å²) in [4.78, 5) is 11.7. The van der Waals surface area contributed by atoms with Gasteiger partial charge in [-0.15, -0.1) is 0 Å². The topological polar surface area (TPSA) is 56.1 Å². The van der Waals surface area contributed by atoms with Crippen molar-refractivity contribution in [1.82, 2.24) is 24.6 Å². The molecule has 0 amide bonds. The van der Waals surface area contributed by atoms with Crippen molar-refractivity contribution in [3.05, 3.63) is 53.5 Å². The lowest BCUT2D eigenvalue weighted by molar-refractivity contribution is 0.331. The van der Waals surface area contributed by atoms with Crippen LogP contribution >= 0.6 is 0 Å². The average molecular weight is 363 g/mol. The highest BCUT2D eigenvalue weighted by Gasteiger charge is 2.15. The van der Waals surface area contributed by atoms with E-state index < -0.39 is 0 Å². The number of rotatable bonds is 5. The Morgan fingerprint density at radius 2 is 1.89 bits per heavy atom. The van der Waals surface area contributed by atoms with Gasteiger partial charge in [0, 0.05) is 24.0 Å². The molecule has 0 radical (unpaired) electrons. The highest BCUT2D eigenvalue weighted by Crippen LogP contribution is 2.30. The average Bonchev–Trinajstić information content (AvgIpc) is 3.31. The molecule has 0 spiro atoms. The Kier molecular flexibility index (Phi) is 4.90. The number of nitrogens with zero attached hydrogens (tertiary/aromatic N) is 5. The predicted octanol–water partition coefficient (Wildman–Crippen LogP) is 3.55. The minimum Gasteiger partial charge on any atom is -0.496 e. The van der Waals surface area contributed by atoms with E-state index >= 15 is 0 Å². The van der Waals surface area contributed by atoms with Crippen molar-refractivity contribution >= 4 is 0 Å². The maximum Gasteiger partial charge on any atom is 0.251 e. The number of likely N-dealkylation sites (tertiary alicyclic amines) is 1. The Labute approximate surface area is 159 Å². The SMILES string of the molecule is COc1ccc(CN2CCCC2)cc1-c1ccnc(-n2nc(C)cc2C)n1. The van der Waals surface area contributed by atoms with Crippen molar-refractivity contribution in [3.63, 3.8) is 0 Å². The zero-order valence-corrected chi connectivity index (χ0v) is 16.1. The smallest absolute Gasteiger partial charge is 0.251 e. The van der Waals surface area contributed by atoms with E-state index in [-0.39, 0.29) is 0 Å². The number of aryl methyl sites for hydroxylation is 2. The molecule has 0 unspecified atom stereocenters. The molecular formula is C21H25N5O. The van der Waals surface area contributed by atoms with Crippen LogP contribution in [0.4, 0.5) is 0 Å². The molecule has 4 rings (SSSR count). The highest BCUT2D eigenvalue weighted by atomic mass is 16.5. The third kappa shape index (κ3) is 3.71. The van der Waals surface area contributed by atoms with Crippen LogP contribution in [0.5, 0.6) is 5.75 Å². The van der Waals surface area contributed by atoms with Crippen LogP contribution in [0.25, 0.3) is 17.2 Å². The summed E-state index contributed by atoms with van der Waals surface area (Å²) in [6.07, 6.45) is 4.36. The summed E-state index contributed by atoms with van der Waals surface area (Å²) in [6.45, 7) is 7.30. The van der Waals surface area contributed by atoms with Gasteiger partial charge in [0.05, 0.1) is 18.5 Å². The normalized spacial score (nSPS) is 14.6. The first kappa shape index (κ1) is 17.7. The van der Waals surface area contributed by atoms with Gasteiger partial charge in [-0.05, 0) is 69.6 Å². The second-order valence-electron chi connectivity index (χ2n) is 7.10. The minimum absolute atomic E-state index is 0.574. The summed E-state index contributed by atoms with van der Waals surface area (Å²) in [7, 11) is 1.70. The minimum atomic E-state index is 0.574. The van der Waals surface area contributed by atoms with Gasteiger partial charge in [-0.3, -0.25) is 4.90 Å². The molecule has 2 aromatic heterocycles. The van der Waals surface area contributed by atoms with Gasteiger partial charge in [0.1, 0.15) is 5.75 Å². The molecular weight excluding hydrogens is 338 g/mol. The fraction of sp³-hybridized carbons (Fsp3) is 0.381. The first-order chi connectivity index (χ1) is 13.1. The Hall–Kier alpha value is -2.73. The Morgan fingerprint density at radius 1 is 1.07 bits per heavy atom. The van der Waals surface area contributed by atoms with Crippen molar-refractivity contribution in [2.75, 3.05) is 20.2 Å². The van der Waals surface area contributed by atoms with Crippen LogP contribution in [0.3, 0.4) is 0 Å². The molecule has 6 nitrogen and oxygen atoms in total. The van der Waals surface area contributed by atoms with Crippen LogP contribution in [-0.2, 0) is 6.54 Å². The van der Waals surface area contributed by atoms with E-state index in [1.165, 1.54) is 31.5 Å². The van der Waals surface area contributed by atoms with Crippen LogP contribution in [0.2, 0.25) is 0 Å². The molecule has 3 heterocycles. The molecule has 3 aromatic rings. The summed E-state index contributed by atoms with van der Waals surface area (Å²) in [6, 6.07) is 10.3. The number of hydrogen-bond donors (Lipinski definition) is 0. The van der Waals surface area contributed by atoms with E-state index in [1.54, 1.807) is 18.0 Å². The van der Waals surface area contributed by atoms with Gasteiger partial charge in [0.25, 0.3) is 5.95 Å². The molecule has 0 N–H and O–H groups in total. The molecule has 0 saturated carbocycles. The van der Waals surface area contributed by atoms with Gasteiger partial charge < -0.3 is 4.74 Å². The predicted molar refractivity (Wildman–Crippen MR) is 105 cm³/mol. The zero-order valence-electron chi connectivity index (χ0n) is 16.1. The van der Waals surface area contributed by atoms with E-state index in [0.29, 0.717) is 5.95 Å². The molecule has 1 fully saturated rings. The summed E-state index contributed by atoms with van der Waals surface area (Å²) < 4.78 is 7.38. The number of ether oxygens (including phenoxy) is 1. The van der Waals surface area contributed by atoms with Crippen molar-refractivity contribution in [1.29, 1.82) is 0 Å². The van der Waals surface area contributed by atoms with Gasteiger partial charge in [-0.25, -0.2) is 14.6 Å². The Morgan fingerprint density at radius 3 is 2.59 bits per heavy atom. The fourth-order valence-electron chi connectivity index (χ4n) is 3.68. The molecule has 1 saturated heterocycles. The van der Waals surface area contributed by atoms with Crippen LogP contribution in [0.15, 0.2) is 36.5 Å². The monoisotopic (exact) mass is 363 g/mol. The maximum atomic E-state index is 5.60. The van der Waals surface area contributed by atoms with E-state index in [1.807, 2.05) is 32.0 Å². The van der Waals surface area contributed by atoms with Crippen molar-refractivity contribution in [3.8, 4) is 23.0 Å². The number of aromatic nitrogens is 4. The van der Waals surface area contributed by atoms with Crippen LogP contribution in [-0.4, -0.2) is 44.8 Å². The van der Waals surface area contributed by atoms with Gasteiger partial charge in [0.2, 0.25) is 0 Å². The molecule has 1 aliphatic rings. The summed E-state index contributed by atoms with van der Waals surface area (Å²) in [5.41, 5.74) is 5.07. The third-order valence-corrected chi connectivity index (χ3v) is 4.99. The fourth-order valence-corrected chi connectivity index (χ4v) is 3.68. The molecule has 0 aliphatic carbocycles. The van der Waals surface area contributed by atoms with Crippen molar-refractivity contribution in [2.24, 2.45) is 0 Å². The molecule has 0 atom stereocenters. The van der Waals surface area contributed by atoms with Crippen molar-refractivity contribution < 1.29 is 4.74 Å². The van der Waals surface area contributed by atoms with E-state index in [4.69, 9.17) is 9.72 Å². The highest BCUT2D eigenvalue weighted by molar-refractivity contribution is 5.68. The molecule has 0 bridgehead atoms. The van der Waals surface area contributed by atoms with E-state index in [2.05, 4.69) is 27.1 Å². The van der Waals surface area contributed by atoms with E-state index in [9.17, 15) is 0 Å². The lowest BCUT2D eigenvalue weighted by atomic mass is 10.1. The largest absolute Gasteiger partial charge is 0.496 e. The molecule has 6 heteroatoms. The summed E-state index contributed by atoms with van der Waals surface area (Å²) in [5.74, 6) is 1.39. The second-order valence-corrected chi connectivity index (χ2v) is 7.10. The van der Waals surface area contributed by atoms with Gasteiger partial charge >= 0.3 is 0 Å². The van der Waals surface area contributed by atoms with Gasteiger partial charge in [-0.2, -0.15) is 5.10 Å². The number of benzene rings is 1. The summed E-state index contributed by atoms with van der Waals surface area (Å²) in [5, 5.41) is 4.50. The van der Waals surface area contributed by atoms with Gasteiger partial charge in [0.15, 0.2) is 0 Å². The lowest BCUT2D eigenvalue weighted by Gasteiger charge is -2.16. The Balaban J connectivity index is 1.71. The molecule has 140 valence electrons. The molecule has 1 aromatic carbocycles. The zero-order chi connectivity index (χ0) is 18.8. The number of hydrogen-bond acceptors (Lipinski definition) is 5. The first-order valence-corrected chi connectivity index (χ1v) is 9.40. The van der Waals surface area contributed by atoms with Crippen LogP contribution < -0.4 is 4.74 Å². The first-order valence-electron chi connectivity index (χ1n) is 9.40. The lowest BCUT2D eigenvalue weighted by Crippen LogP contribution is -2.18. The van der Waals surface area contributed by atoms with Crippen molar-refractivity contribution in [2.45, 2.75) is 33.2 Å². The second kappa shape index (κ2) is 7.48. The standard InChI is InChI=1S/C21H25N5O/c1-15-12-16(2)26(24-15)21-22-9-8-19(23-21)18-13-17(6-7-20(18)27-3)14-25-10-4-5-11-25/h6-9,12-13H,4-5,10-11,14H2,1-3H3. The number of methoxy groups -OCH3 is 1. The van der Waals surface area contributed by atoms with E-state index in [0.717, 1.165) is 34.9 Å². The third-order valence-electron chi connectivity index (χ3n) is 4.99. The summed E-state index contributed by atoms with van der Waals surface area (Å²) >= 11 is 0. The Bertz CT molecular complexity index is 943. The quantitative estimate of drug-likeness (QED) is 0.694. The van der Waals surface area contributed by atoms with Crippen LogP contribution in [0, 0.1) is 13.8 Å². The van der Waals surface area contributed by atoms with Crippen LogP contribution in [0.1, 0.15) is 29.8 Å². The van der Waals surface area contributed by atoms with Gasteiger partial charge in [-0.1, -0.05) is 6.07 Å².